The smallest absolute Gasteiger partial charge is 0.269 e. The first-order valence-corrected chi connectivity index (χ1v) is 28.7. The van der Waals surface area contributed by atoms with Gasteiger partial charge < -0.3 is 4.74 Å². The van der Waals surface area contributed by atoms with Gasteiger partial charge in [0.2, 0.25) is 0 Å². The lowest BCUT2D eigenvalue weighted by Gasteiger charge is -2.28. The Morgan fingerprint density at radius 2 is 1.06 bits per heavy atom. The number of hydrogen-bond donors (Lipinski definition) is 0. The standard InChI is InChI=1S/C82H66N4O/c1-52-23-21-24-53(2)78(52)60-45-71-67-33-17-15-31-65(67)66-32-16-18-34-68(66)72-44-59(58-42-56(54-25-11-9-12-26-54)41-57(43-58)55-27-13-10-14-28-55)47-76-80(72)85(79(71)73(46-60)82(6,7)8)51-84(76)62-29-22-30-63(49-62)87-64-37-38-70-69-35-19-20-36-74(69)86(75(70)50-64)77-48-61(39-40-83-77)81(3,4)5/h9-50H,1-8H3/i1D3,2D3,9D,10D,11D,12D,13D,14D,25D,26D,27D,28D,41D,42D,43D. The zero-order valence-corrected chi connectivity index (χ0v) is 48.4. The SMILES string of the molecule is [2H]c1c([2H])c([2H])c(-c2c([2H])c(-c3cc4c5c(c3)n(-c3cccc(Oc6ccc7c8ccccc8n(-c8cc(C(C)(C)C)ccn8)c7c6)c3)[c-][n+]5-c3c(cc(-c5c(C([2H])([2H])[2H])cccc5C([2H])([2H])[2H])cc3C(C)(C)C)-c3ccccc3-c3ccccc3-4)c([2H])c(-c3c([2H])c([2H])c([2H])c([2H])c3[2H])c2[2H])c([2H])c1[2H]. The third kappa shape index (κ3) is 9.33. The van der Waals surface area contributed by atoms with E-state index in [9.17, 15) is 9.60 Å². The summed E-state index contributed by atoms with van der Waals surface area (Å²) < 4.78 is 187. The number of nitrogens with zero attached hydrogens (tertiary/aromatic N) is 4. The quantitative estimate of drug-likeness (QED) is 0.112. The highest BCUT2D eigenvalue weighted by Crippen LogP contribution is 2.49. The van der Waals surface area contributed by atoms with Crippen LogP contribution in [0.25, 0.3) is 128 Å². The maximum absolute atomic E-state index is 10.4. The second kappa shape index (κ2) is 20.7. The highest BCUT2D eigenvalue weighted by atomic mass is 16.5. The Bertz CT molecular complexity index is 5930. The molecule has 0 aliphatic carbocycles. The van der Waals surface area contributed by atoms with E-state index in [-0.39, 0.29) is 33.2 Å². The number of aryl methyl sites for hydroxylation is 2. The maximum Gasteiger partial charge on any atom is 0.269 e. The summed E-state index contributed by atoms with van der Waals surface area (Å²) >= 11 is 0. The molecule has 420 valence electrons. The summed E-state index contributed by atoms with van der Waals surface area (Å²) in [5, 5.41) is 1.98. The zero-order chi connectivity index (χ0) is 75.6. The third-order valence-electron chi connectivity index (χ3n) is 16.3. The predicted octanol–water partition coefficient (Wildman–Crippen LogP) is 21.2. The summed E-state index contributed by atoms with van der Waals surface area (Å²) in [6, 6.07) is 42.0. The summed E-state index contributed by atoms with van der Waals surface area (Å²) in [6.07, 6.45) is 5.60. The highest BCUT2D eigenvalue weighted by Gasteiger charge is 2.31. The Labute approximate surface area is 536 Å². The molecule has 0 spiro atoms. The van der Waals surface area contributed by atoms with Gasteiger partial charge >= 0.3 is 0 Å². The molecular formula is C82H66N4O. The minimum absolute atomic E-state index is 0.0289. The van der Waals surface area contributed by atoms with Crippen LogP contribution in [0.3, 0.4) is 0 Å². The van der Waals surface area contributed by atoms with Gasteiger partial charge in [0.1, 0.15) is 17.3 Å². The van der Waals surface area contributed by atoms with Crippen LogP contribution in [0.5, 0.6) is 11.5 Å². The first-order chi connectivity index (χ1) is 50.1. The van der Waals surface area contributed by atoms with Gasteiger partial charge in [-0.3, -0.25) is 13.7 Å². The monoisotopic (exact) mass is 1140 g/mol. The van der Waals surface area contributed by atoms with Crippen molar-refractivity contribution in [2.45, 2.75) is 66.1 Å². The van der Waals surface area contributed by atoms with Crippen LogP contribution >= 0.6 is 0 Å². The fraction of sp³-hybridized carbons (Fsp3) is 0.122. The number of aromatic nitrogens is 4. The number of benzene rings is 11. The maximum atomic E-state index is 10.4. The molecule has 0 saturated heterocycles. The Balaban J connectivity index is 1.08. The van der Waals surface area contributed by atoms with E-state index >= 15 is 0 Å². The topological polar surface area (TPSA) is 35.9 Å². The molecule has 4 heterocycles. The molecule has 0 N–H and O–H groups in total. The summed E-state index contributed by atoms with van der Waals surface area (Å²) in [4.78, 5) is 4.90. The van der Waals surface area contributed by atoms with Crippen LogP contribution < -0.4 is 9.30 Å². The van der Waals surface area contributed by atoms with E-state index in [1.807, 2.05) is 147 Å². The van der Waals surface area contributed by atoms with Gasteiger partial charge in [-0.2, -0.15) is 0 Å². The van der Waals surface area contributed by atoms with Crippen LogP contribution in [-0.2, 0) is 10.8 Å². The van der Waals surface area contributed by atoms with Crippen LogP contribution in [0.15, 0.2) is 255 Å². The largest absolute Gasteiger partial charge is 0.458 e. The molecule has 0 bridgehead atoms. The lowest BCUT2D eigenvalue weighted by molar-refractivity contribution is -0.572. The van der Waals surface area contributed by atoms with E-state index in [0.29, 0.717) is 78.4 Å². The second-order valence-corrected chi connectivity index (χ2v) is 23.9. The number of para-hydroxylation sites is 1. The normalized spacial score (nSPS) is 15.5. The van der Waals surface area contributed by atoms with Crippen LogP contribution in [0.2, 0.25) is 0 Å². The minimum Gasteiger partial charge on any atom is -0.458 e. The summed E-state index contributed by atoms with van der Waals surface area (Å²) in [6.45, 7) is 6.91. The van der Waals surface area contributed by atoms with E-state index in [1.54, 1.807) is 22.8 Å². The van der Waals surface area contributed by atoms with Crippen molar-refractivity contribution in [3.05, 3.63) is 283 Å². The number of fused-ring (bicyclic) bond motifs is 10. The molecule has 0 fully saturated rings. The van der Waals surface area contributed by atoms with Crippen molar-refractivity contribution in [3.63, 3.8) is 0 Å². The molecule has 5 nitrogen and oxygen atoms in total. The fourth-order valence-electron chi connectivity index (χ4n) is 12.2. The van der Waals surface area contributed by atoms with Gasteiger partial charge in [-0.1, -0.05) is 205 Å². The Morgan fingerprint density at radius 3 is 1.71 bits per heavy atom. The van der Waals surface area contributed by atoms with Gasteiger partial charge in [0.15, 0.2) is 0 Å². The number of pyridine rings is 1. The van der Waals surface area contributed by atoms with E-state index in [1.165, 1.54) is 18.2 Å². The van der Waals surface area contributed by atoms with Crippen molar-refractivity contribution in [2.24, 2.45) is 0 Å². The Morgan fingerprint density at radius 1 is 0.471 bits per heavy atom. The summed E-state index contributed by atoms with van der Waals surface area (Å²) in [5.74, 6) is 1.58. The number of imidazole rings is 1. The Hall–Kier alpha value is -10.4. The average molecular weight is 1140 g/mol. The molecule has 0 amide bonds. The highest BCUT2D eigenvalue weighted by molar-refractivity contribution is 6.10. The van der Waals surface area contributed by atoms with Gasteiger partial charge in [0.05, 0.1) is 51.3 Å². The molecule has 0 radical (unpaired) electrons. The molecule has 1 aliphatic heterocycles. The summed E-state index contributed by atoms with van der Waals surface area (Å²) in [7, 11) is 0. The van der Waals surface area contributed by atoms with Crippen LogP contribution in [0.4, 0.5) is 0 Å². The predicted molar refractivity (Wildman–Crippen MR) is 361 cm³/mol. The molecule has 0 unspecified atom stereocenters. The van der Waals surface area contributed by atoms with Crippen molar-refractivity contribution in [1.29, 1.82) is 0 Å². The van der Waals surface area contributed by atoms with Gasteiger partial charge in [-0.25, -0.2) is 4.98 Å². The fourth-order valence-corrected chi connectivity index (χ4v) is 12.2. The molecule has 1 aliphatic rings. The lowest BCUT2D eigenvalue weighted by atomic mass is 9.79. The van der Waals surface area contributed by atoms with Crippen molar-refractivity contribution < 1.29 is 35.3 Å². The molecular weight excluding hydrogens is 1060 g/mol. The molecule has 0 atom stereocenters. The number of hydrogen-bond acceptors (Lipinski definition) is 2. The van der Waals surface area contributed by atoms with Gasteiger partial charge in [0.25, 0.3) is 6.33 Å². The first-order valence-electron chi connectivity index (χ1n) is 38.2. The lowest BCUT2D eigenvalue weighted by Crippen LogP contribution is -2.35. The van der Waals surface area contributed by atoms with Crippen LogP contribution in [-0.4, -0.2) is 14.1 Å². The van der Waals surface area contributed by atoms with Gasteiger partial charge in [-0.15, -0.1) is 0 Å². The van der Waals surface area contributed by atoms with Crippen molar-refractivity contribution in [1.82, 2.24) is 14.1 Å². The zero-order valence-electron chi connectivity index (χ0n) is 67.4. The molecule has 11 aromatic carbocycles. The molecule has 3 aromatic heterocycles. The molecule has 87 heavy (non-hydrogen) atoms. The Kier molecular flexibility index (Phi) is 8.68. The minimum atomic E-state index is -2.77. The van der Waals surface area contributed by atoms with Crippen molar-refractivity contribution in [3.8, 4) is 107 Å². The van der Waals surface area contributed by atoms with E-state index < -0.39 is 120 Å². The third-order valence-corrected chi connectivity index (χ3v) is 16.3. The first kappa shape index (κ1) is 36.5. The van der Waals surface area contributed by atoms with E-state index in [4.69, 9.17) is 26.2 Å². The number of ether oxygens (including phenoxy) is 1. The van der Waals surface area contributed by atoms with E-state index in [2.05, 4.69) is 49.9 Å². The van der Waals surface area contributed by atoms with Gasteiger partial charge in [-0.05, 0) is 203 Å². The molecule has 5 heteroatoms. The van der Waals surface area contributed by atoms with Crippen LogP contribution in [0.1, 0.15) is 89.8 Å². The van der Waals surface area contributed by atoms with Crippen LogP contribution in [0, 0.1) is 20.0 Å². The van der Waals surface area contributed by atoms with Crippen molar-refractivity contribution in [2.75, 3.05) is 0 Å². The number of rotatable bonds is 8. The molecule has 0 saturated carbocycles. The van der Waals surface area contributed by atoms with Gasteiger partial charge in [0, 0.05) is 31.3 Å². The average Bonchev–Trinajstić information content (AvgIpc) is 1.41. The van der Waals surface area contributed by atoms with E-state index in [0.717, 1.165) is 33.2 Å². The molecule has 15 rings (SSSR count). The molecule has 14 aromatic rings. The second-order valence-electron chi connectivity index (χ2n) is 23.9. The summed E-state index contributed by atoms with van der Waals surface area (Å²) in [5.41, 5.74) is 5.29. The van der Waals surface area contributed by atoms with Crippen molar-refractivity contribution >= 4 is 32.8 Å².